The summed E-state index contributed by atoms with van der Waals surface area (Å²) in [4.78, 5) is 34.9. The standard InChI is InChI=1S/C14H14O11/c1-23-13(21)9(19)10-8(18)11(14(22)24-10)25-12(20)4-2-5(15)7(17)6(16)3-4/h2-3,8-11,15-19H,1H3/t8-,9-,10-,11+/m1/s1. The van der Waals surface area contributed by atoms with Crippen LogP contribution in [0, 0.1) is 0 Å². The zero-order valence-corrected chi connectivity index (χ0v) is 12.6. The quantitative estimate of drug-likeness (QED) is 0.231. The molecular formula is C14H14O11. The fourth-order valence-corrected chi connectivity index (χ4v) is 2.11. The molecule has 1 aliphatic rings. The molecule has 0 saturated carbocycles. The van der Waals surface area contributed by atoms with E-state index in [-0.39, 0.29) is 0 Å². The molecule has 1 aromatic rings. The molecule has 0 amide bonds. The first-order chi connectivity index (χ1) is 11.7. The predicted octanol–water partition coefficient (Wildman–Crippen LogP) is -1.85. The van der Waals surface area contributed by atoms with E-state index in [1.54, 1.807) is 0 Å². The number of carbonyl (C=O) groups excluding carboxylic acids is 3. The summed E-state index contributed by atoms with van der Waals surface area (Å²) in [5.74, 6) is -6.14. The van der Waals surface area contributed by atoms with Gasteiger partial charge in [0.1, 0.15) is 6.10 Å². The van der Waals surface area contributed by atoms with Gasteiger partial charge >= 0.3 is 17.9 Å². The number of ether oxygens (including phenoxy) is 3. The second-order valence-corrected chi connectivity index (χ2v) is 5.05. The van der Waals surface area contributed by atoms with Crippen molar-refractivity contribution in [1.29, 1.82) is 0 Å². The van der Waals surface area contributed by atoms with Crippen LogP contribution in [-0.2, 0) is 23.8 Å². The number of esters is 3. The number of methoxy groups -OCH3 is 1. The minimum absolute atomic E-state index is 0.440. The number of rotatable bonds is 4. The lowest BCUT2D eigenvalue weighted by Gasteiger charge is -2.18. The van der Waals surface area contributed by atoms with Gasteiger partial charge in [0.05, 0.1) is 12.7 Å². The normalized spacial score (nSPS) is 23.6. The summed E-state index contributed by atoms with van der Waals surface area (Å²) >= 11 is 0. The van der Waals surface area contributed by atoms with E-state index < -0.39 is 65.1 Å². The Balaban J connectivity index is 2.16. The lowest BCUT2D eigenvalue weighted by molar-refractivity contribution is -0.164. The minimum atomic E-state index is -1.99. The number of aliphatic hydroxyl groups is 2. The topological polar surface area (TPSA) is 180 Å². The van der Waals surface area contributed by atoms with E-state index >= 15 is 0 Å². The van der Waals surface area contributed by atoms with Gasteiger partial charge in [-0.3, -0.25) is 0 Å². The summed E-state index contributed by atoms with van der Waals surface area (Å²) in [6, 6.07) is 1.51. The van der Waals surface area contributed by atoms with Gasteiger partial charge in [0.15, 0.2) is 29.5 Å². The average Bonchev–Trinajstić information content (AvgIpc) is 2.85. The number of benzene rings is 1. The number of hydrogen-bond acceptors (Lipinski definition) is 11. The van der Waals surface area contributed by atoms with E-state index in [1.807, 2.05) is 0 Å². The molecule has 4 atom stereocenters. The monoisotopic (exact) mass is 358 g/mol. The van der Waals surface area contributed by atoms with Crippen molar-refractivity contribution in [1.82, 2.24) is 0 Å². The first-order valence-electron chi connectivity index (χ1n) is 6.77. The maximum Gasteiger partial charge on any atom is 0.350 e. The van der Waals surface area contributed by atoms with Crippen molar-refractivity contribution in [3.8, 4) is 17.2 Å². The Morgan fingerprint density at radius 1 is 1.20 bits per heavy atom. The zero-order valence-electron chi connectivity index (χ0n) is 12.6. The van der Waals surface area contributed by atoms with E-state index in [9.17, 15) is 39.9 Å². The molecule has 1 aliphatic heterocycles. The van der Waals surface area contributed by atoms with Crippen LogP contribution in [0.15, 0.2) is 12.1 Å². The van der Waals surface area contributed by atoms with Crippen LogP contribution in [0.5, 0.6) is 17.2 Å². The summed E-state index contributed by atoms with van der Waals surface area (Å²) < 4.78 is 13.6. The van der Waals surface area contributed by atoms with Gasteiger partial charge in [-0.1, -0.05) is 0 Å². The summed E-state index contributed by atoms with van der Waals surface area (Å²) in [6.07, 6.45) is -7.44. The van der Waals surface area contributed by atoms with Gasteiger partial charge in [0.25, 0.3) is 0 Å². The molecule has 0 aliphatic carbocycles. The summed E-state index contributed by atoms with van der Waals surface area (Å²) in [5, 5.41) is 47.5. The highest BCUT2D eigenvalue weighted by atomic mass is 16.6. The van der Waals surface area contributed by atoms with Crippen molar-refractivity contribution >= 4 is 17.9 Å². The molecule has 0 bridgehead atoms. The van der Waals surface area contributed by atoms with Crippen LogP contribution in [0.4, 0.5) is 0 Å². The first kappa shape index (κ1) is 18.3. The molecule has 1 aromatic carbocycles. The maximum absolute atomic E-state index is 12.0. The molecule has 0 aromatic heterocycles. The third-order valence-corrected chi connectivity index (χ3v) is 3.42. The van der Waals surface area contributed by atoms with Gasteiger partial charge in [-0.25, -0.2) is 14.4 Å². The molecular weight excluding hydrogens is 344 g/mol. The highest BCUT2D eigenvalue weighted by Gasteiger charge is 2.51. The number of hydrogen-bond donors (Lipinski definition) is 5. The highest BCUT2D eigenvalue weighted by molar-refractivity contribution is 5.93. The average molecular weight is 358 g/mol. The molecule has 1 heterocycles. The van der Waals surface area contributed by atoms with E-state index in [4.69, 9.17) is 4.74 Å². The van der Waals surface area contributed by atoms with Crippen LogP contribution in [0.1, 0.15) is 10.4 Å². The van der Waals surface area contributed by atoms with Gasteiger partial charge in [0.2, 0.25) is 6.10 Å². The van der Waals surface area contributed by atoms with E-state index in [1.165, 1.54) is 0 Å². The number of aliphatic hydroxyl groups excluding tert-OH is 2. The fraction of sp³-hybridized carbons (Fsp3) is 0.357. The molecule has 5 N–H and O–H groups in total. The number of cyclic esters (lactones) is 1. The van der Waals surface area contributed by atoms with Crippen LogP contribution < -0.4 is 0 Å². The largest absolute Gasteiger partial charge is 0.504 e. The molecule has 136 valence electrons. The number of phenolic OH excluding ortho intramolecular Hbond substituents is 3. The van der Waals surface area contributed by atoms with Crippen LogP contribution in [0.3, 0.4) is 0 Å². The SMILES string of the molecule is COC(=O)[C@H](O)[C@@H]1OC(=O)[C@@H](OC(=O)c2cc(O)c(O)c(O)c2)[C@@H]1O. The van der Waals surface area contributed by atoms with Crippen molar-refractivity contribution < 1.29 is 54.1 Å². The lowest BCUT2D eigenvalue weighted by Crippen LogP contribution is -2.44. The van der Waals surface area contributed by atoms with Gasteiger partial charge in [-0.05, 0) is 12.1 Å². The molecule has 1 saturated heterocycles. The highest BCUT2D eigenvalue weighted by Crippen LogP contribution is 2.35. The van der Waals surface area contributed by atoms with Crippen molar-refractivity contribution in [2.45, 2.75) is 24.4 Å². The molecule has 2 rings (SSSR count). The summed E-state index contributed by atoms with van der Waals surface area (Å²) in [7, 11) is 0.968. The Bertz CT molecular complexity index is 690. The van der Waals surface area contributed by atoms with Crippen LogP contribution in [-0.4, -0.2) is 75.0 Å². The number of aromatic hydroxyl groups is 3. The Kier molecular flexibility index (Phi) is 4.99. The third kappa shape index (κ3) is 3.41. The number of phenols is 3. The maximum atomic E-state index is 12.0. The summed E-state index contributed by atoms with van der Waals surface area (Å²) in [5.41, 5.74) is -0.440. The molecule has 25 heavy (non-hydrogen) atoms. The van der Waals surface area contributed by atoms with E-state index in [2.05, 4.69) is 9.47 Å². The molecule has 0 spiro atoms. The van der Waals surface area contributed by atoms with Crippen molar-refractivity contribution in [3.63, 3.8) is 0 Å². The summed E-state index contributed by atoms with van der Waals surface area (Å²) in [6.45, 7) is 0. The van der Waals surface area contributed by atoms with Gasteiger partial charge in [-0.15, -0.1) is 0 Å². The molecule has 11 heteroatoms. The Labute approximate surface area is 139 Å². The zero-order chi connectivity index (χ0) is 18.9. The number of carbonyl (C=O) groups is 3. The van der Waals surface area contributed by atoms with Crippen molar-refractivity contribution in [2.75, 3.05) is 7.11 Å². The lowest BCUT2D eigenvalue weighted by atomic mass is 10.1. The van der Waals surface area contributed by atoms with Gasteiger partial charge < -0.3 is 39.7 Å². The Hall–Kier alpha value is -3.05. The smallest absolute Gasteiger partial charge is 0.350 e. The van der Waals surface area contributed by atoms with E-state index in [0.717, 1.165) is 19.2 Å². The first-order valence-corrected chi connectivity index (χ1v) is 6.77. The predicted molar refractivity (Wildman–Crippen MR) is 74.5 cm³/mol. The third-order valence-electron chi connectivity index (χ3n) is 3.42. The fourth-order valence-electron chi connectivity index (χ4n) is 2.11. The molecule has 11 nitrogen and oxygen atoms in total. The van der Waals surface area contributed by atoms with Crippen molar-refractivity contribution in [3.05, 3.63) is 17.7 Å². The van der Waals surface area contributed by atoms with Crippen molar-refractivity contribution in [2.24, 2.45) is 0 Å². The Morgan fingerprint density at radius 2 is 1.76 bits per heavy atom. The van der Waals surface area contributed by atoms with Crippen LogP contribution in [0.25, 0.3) is 0 Å². The second kappa shape index (κ2) is 6.83. The molecule has 0 radical (unpaired) electrons. The van der Waals surface area contributed by atoms with Crippen LogP contribution in [0.2, 0.25) is 0 Å². The molecule has 0 unspecified atom stereocenters. The molecule has 1 fully saturated rings. The van der Waals surface area contributed by atoms with Gasteiger partial charge in [0, 0.05) is 0 Å². The van der Waals surface area contributed by atoms with Crippen LogP contribution >= 0.6 is 0 Å². The minimum Gasteiger partial charge on any atom is -0.504 e. The second-order valence-electron chi connectivity index (χ2n) is 5.05. The Morgan fingerprint density at radius 3 is 2.28 bits per heavy atom. The van der Waals surface area contributed by atoms with E-state index in [0.29, 0.717) is 0 Å². The van der Waals surface area contributed by atoms with Gasteiger partial charge in [-0.2, -0.15) is 0 Å².